The summed E-state index contributed by atoms with van der Waals surface area (Å²) in [7, 11) is 1.41. The number of hydrogen-bond donors (Lipinski definition) is 2. The van der Waals surface area contributed by atoms with E-state index in [0.29, 0.717) is 37.5 Å². The number of amides is 2. The first-order valence-corrected chi connectivity index (χ1v) is 10.8. The average Bonchev–Trinajstić information content (AvgIpc) is 3.32. The van der Waals surface area contributed by atoms with Crippen LogP contribution < -0.4 is 10.1 Å². The van der Waals surface area contributed by atoms with Crippen molar-refractivity contribution < 1.29 is 18.7 Å². The highest BCUT2D eigenvalue weighted by molar-refractivity contribution is 6.30. The van der Waals surface area contributed by atoms with Crippen molar-refractivity contribution in [3.63, 3.8) is 0 Å². The van der Waals surface area contributed by atoms with Crippen LogP contribution in [-0.2, 0) is 11.3 Å². The molecule has 2 amide bonds. The molecular weight excluding hydrogens is 451 g/mol. The van der Waals surface area contributed by atoms with Crippen molar-refractivity contribution in [1.82, 2.24) is 30.4 Å². The molecule has 1 aliphatic heterocycles. The van der Waals surface area contributed by atoms with E-state index >= 15 is 0 Å². The summed E-state index contributed by atoms with van der Waals surface area (Å²) < 4.78 is 19.1. The number of aromatic amines is 1. The Balaban J connectivity index is 1.33. The van der Waals surface area contributed by atoms with Crippen LogP contribution in [0.15, 0.2) is 36.5 Å². The van der Waals surface area contributed by atoms with Crippen molar-refractivity contribution in [2.45, 2.75) is 19.4 Å². The molecule has 3 heterocycles. The normalized spacial score (nSPS) is 14.2. The Labute approximate surface area is 194 Å². The summed E-state index contributed by atoms with van der Waals surface area (Å²) in [6.45, 7) is 1.21. The molecule has 4 rings (SSSR count). The van der Waals surface area contributed by atoms with Crippen LogP contribution in [0.4, 0.5) is 4.39 Å². The fourth-order valence-corrected chi connectivity index (χ4v) is 3.87. The number of rotatable bonds is 6. The van der Waals surface area contributed by atoms with Gasteiger partial charge in [-0.2, -0.15) is 5.10 Å². The number of hydrogen-bond acceptors (Lipinski definition) is 6. The number of likely N-dealkylation sites (tertiary alicyclic amines) is 1. The molecule has 0 saturated carbocycles. The predicted octanol–water partition coefficient (Wildman–Crippen LogP) is 2.84. The number of nitrogens with one attached hydrogen (secondary N) is 2. The Hall–Kier alpha value is -3.53. The molecule has 1 fully saturated rings. The molecule has 0 radical (unpaired) electrons. The lowest BCUT2D eigenvalue weighted by Gasteiger charge is -2.30. The minimum atomic E-state index is -0.626. The van der Waals surface area contributed by atoms with Gasteiger partial charge < -0.3 is 15.0 Å². The highest BCUT2D eigenvalue weighted by Crippen LogP contribution is 2.23. The first-order chi connectivity index (χ1) is 15.9. The van der Waals surface area contributed by atoms with Crippen LogP contribution in [0.25, 0.3) is 11.4 Å². The van der Waals surface area contributed by atoms with Gasteiger partial charge in [0.25, 0.3) is 5.91 Å². The molecule has 2 aromatic heterocycles. The number of halogens is 2. The summed E-state index contributed by atoms with van der Waals surface area (Å²) in [5.74, 6) is -0.968. The van der Waals surface area contributed by atoms with Gasteiger partial charge in [-0.15, -0.1) is 0 Å². The van der Waals surface area contributed by atoms with E-state index in [1.165, 1.54) is 13.2 Å². The molecule has 1 saturated heterocycles. The largest absolute Gasteiger partial charge is 0.481 e. The lowest BCUT2D eigenvalue weighted by Crippen LogP contribution is -2.43. The number of piperidine rings is 1. The molecule has 0 spiro atoms. The lowest BCUT2D eigenvalue weighted by molar-refractivity contribution is -0.126. The molecule has 1 aromatic carbocycles. The number of ether oxygens (including phenoxy) is 1. The first-order valence-electron chi connectivity index (χ1n) is 10.4. The van der Waals surface area contributed by atoms with Gasteiger partial charge in [-0.1, -0.05) is 23.7 Å². The van der Waals surface area contributed by atoms with E-state index in [9.17, 15) is 14.0 Å². The van der Waals surface area contributed by atoms with Crippen molar-refractivity contribution >= 4 is 23.4 Å². The van der Waals surface area contributed by atoms with Gasteiger partial charge >= 0.3 is 0 Å². The van der Waals surface area contributed by atoms with Gasteiger partial charge in [0.15, 0.2) is 11.6 Å². The number of benzene rings is 1. The van der Waals surface area contributed by atoms with Crippen molar-refractivity contribution in [3.8, 4) is 17.3 Å². The molecule has 9 nitrogen and oxygen atoms in total. The van der Waals surface area contributed by atoms with Crippen molar-refractivity contribution in [2.75, 3.05) is 20.2 Å². The fraction of sp³-hybridized carbons (Fsp3) is 0.318. The zero-order chi connectivity index (χ0) is 23.4. The number of carbonyl (C=O) groups is 2. The molecule has 0 unspecified atom stereocenters. The molecule has 0 bridgehead atoms. The van der Waals surface area contributed by atoms with Crippen molar-refractivity contribution in [1.29, 1.82) is 0 Å². The Bertz CT molecular complexity index is 1160. The molecule has 0 atom stereocenters. The lowest BCUT2D eigenvalue weighted by atomic mass is 9.95. The molecule has 11 heteroatoms. The minimum Gasteiger partial charge on any atom is -0.481 e. The highest BCUT2D eigenvalue weighted by atomic mass is 35.5. The standard InChI is InChI=1S/C22H22ClFN6O3/c1-33-18-10-16(17(24)12-25-18)19-27-20(29-28-19)22(32)30-7-5-14(6-8-30)21(31)26-11-13-3-2-4-15(23)9-13/h2-4,9-10,12,14H,5-8,11H2,1H3,(H,26,31)(H,27,28,29). The van der Waals surface area contributed by atoms with E-state index in [0.717, 1.165) is 11.8 Å². The second-order valence-electron chi connectivity index (χ2n) is 7.63. The van der Waals surface area contributed by atoms with E-state index < -0.39 is 5.82 Å². The smallest absolute Gasteiger partial charge is 0.291 e. The predicted molar refractivity (Wildman–Crippen MR) is 118 cm³/mol. The van der Waals surface area contributed by atoms with Gasteiger partial charge in [-0.25, -0.2) is 14.4 Å². The number of H-pyrrole nitrogens is 1. The monoisotopic (exact) mass is 472 g/mol. The molecular formula is C22H22ClFN6O3. The third-order valence-electron chi connectivity index (χ3n) is 5.48. The Morgan fingerprint density at radius 3 is 2.82 bits per heavy atom. The van der Waals surface area contributed by atoms with Crippen LogP contribution in [0, 0.1) is 11.7 Å². The van der Waals surface area contributed by atoms with Crippen molar-refractivity contribution in [3.05, 3.63) is 58.8 Å². The summed E-state index contributed by atoms with van der Waals surface area (Å²) in [6.07, 6.45) is 2.07. The maximum atomic E-state index is 14.1. The van der Waals surface area contributed by atoms with Gasteiger partial charge in [-0.05, 0) is 30.5 Å². The van der Waals surface area contributed by atoms with Crippen LogP contribution in [0.3, 0.4) is 0 Å². The van der Waals surface area contributed by atoms with Crippen LogP contribution in [-0.4, -0.2) is 57.1 Å². The maximum Gasteiger partial charge on any atom is 0.291 e. The summed E-state index contributed by atoms with van der Waals surface area (Å²) in [4.78, 5) is 34.9. The topological polar surface area (TPSA) is 113 Å². The van der Waals surface area contributed by atoms with Crippen LogP contribution in [0.5, 0.6) is 5.88 Å². The number of carbonyl (C=O) groups excluding carboxylic acids is 2. The second kappa shape index (κ2) is 9.95. The average molecular weight is 473 g/mol. The van der Waals surface area contributed by atoms with Gasteiger partial charge in [0.1, 0.15) is 0 Å². The number of methoxy groups -OCH3 is 1. The number of nitrogens with zero attached hydrogens (tertiary/aromatic N) is 4. The number of aromatic nitrogens is 4. The fourth-order valence-electron chi connectivity index (χ4n) is 3.66. The van der Waals surface area contributed by atoms with Crippen molar-refractivity contribution in [2.24, 2.45) is 5.92 Å². The van der Waals surface area contributed by atoms with E-state index in [4.69, 9.17) is 16.3 Å². The quantitative estimate of drug-likeness (QED) is 0.570. The molecule has 33 heavy (non-hydrogen) atoms. The molecule has 172 valence electrons. The molecule has 1 aliphatic rings. The third-order valence-corrected chi connectivity index (χ3v) is 5.71. The summed E-state index contributed by atoms with van der Waals surface area (Å²) >= 11 is 5.97. The van der Waals surface area contributed by atoms with Crippen LogP contribution in [0.2, 0.25) is 5.02 Å². The van der Waals surface area contributed by atoms with E-state index in [-0.39, 0.29) is 40.8 Å². The number of pyridine rings is 1. The van der Waals surface area contributed by atoms with Gasteiger partial charge in [-0.3, -0.25) is 14.7 Å². The van der Waals surface area contributed by atoms with Gasteiger partial charge in [0, 0.05) is 36.6 Å². The van der Waals surface area contributed by atoms with E-state index in [1.807, 2.05) is 18.2 Å². The summed E-state index contributed by atoms with van der Waals surface area (Å²) in [5.41, 5.74) is 1.00. The SMILES string of the molecule is COc1cc(-c2n[nH]c(C(=O)N3CCC(C(=O)NCc4cccc(Cl)c4)CC3)n2)c(F)cn1. The van der Waals surface area contributed by atoms with E-state index in [1.54, 1.807) is 11.0 Å². The summed E-state index contributed by atoms with van der Waals surface area (Å²) in [5, 5.41) is 10.1. The zero-order valence-electron chi connectivity index (χ0n) is 17.8. The molecule has 0 aliphatic carbocycles. The zero-order valence-corrected chi connectivity index (χ0v) is 18.6. The molecule has 2 N–H and O–H groups in total. The third kappa shape index (κ3) is 5.28. The van der Waals surface area contributed by atoms with Gasteiger partial charge in [0.2, 0.25) is 17.6 Å². The van der Waals surface area contributed by atoms with E-state index in [2.05, 4.69) is 25.5 Å². The van der Waals surface area contributed by atoms with Crippen LogP contribution in [0.1, 0.15) is 29.0 Å². The minimum absolute atomic E-state index is 0.00374. The first kappa shape index (κ1) is 22.7. The Kier molecular flexibility index (Phi) is 6.83. The maximum absolute atomic E-state index is 14.1. The highest BCUT2D eigenvalue weighted by Gasteiger charge is 2.29. The Morgan fingerprint density at radius 1 is 1.30 bits per heavy atom. The van der Waals surface area contributed by atoms with Crippen LogP contribution >= 0.6 is 11.6 Å². The summed E-state index contributed by atoms with van der Waals surface area (Å²) in [6, 6.07) is 8.68. The van der Waals surface area contributed by atoms with Gasteiger partial charge in [0.05, 0.1) is 18.9 Å². The molecule has 3 aromatic rings. The Morgan fingerprint density at radius 2 is 2.09 bits per heavy atom. The second-order valence-corrected chi connectivity index (χ2v) is 8.06.